The first kappa shape index (κ1) is 13.3. The van der Waals surface area contributed by atoms with Crippen molar-refractivity contribution in [3.05, 3.63) is 40.6 Å². The molecule has 2 rings (SSSR count). The highest BCUT2D eigenvalue weighted by Crippen LogP contribution is 2.19. The number of nitrogens with one attached hydrogen (secondary N) is 1. The molecule has 2 heterocycles. The molecule has 4 heteroatoms. The van der Waals surface area contributed by atoms with Gasteiger partial charge in [0.15, 0.2) is 0 Å². The zero-order chi connectivity index (χ0) is 12.8. The molecule has 0 saturated carbocycles. The van der Waals surface area contributed by atoms with E-state index in [0.717, 1.165) is 31.6 Å². The monoisotopic (exact) mass is 263 g/mol. The van der Waals surface area contributed by atoms with Gasteiger partial charge in [-0.25, -0.2) is 4.98 Å². The maximum Gasteiger partial charge on any atom is 0.125 e. The van der Waals surface area contributed by atoms with E-state index in [9.17, 15) is 0 Å². The summed E-state index contributed by atoms with van der Waals surface area (Å²) >= 11 is 1.84. The highest BCUT2D eigenvalue weighted by atomic mass is 32.1. The van der Waals surface area contributed by atoms with Gasteiger partial charge in [-0.15, -0.1) is 11.3 Å². The maximum atomic E-state index is 4.47. The molecule has 0 aliphatic carbocycles. The molecule has 3 nitrogen and oxygen atoms in total. The zero-order valence-electron chi connectivity index (χ0n) is 11.1. The van der Waals surface area contributed by atoms with Gasteiger partial charge in [0.05, 0.1) is 6.04 Å². The van der Waals surface area contributed by atoms with Crippen LogP contribution >= 0.6 is 11.3 Å². The van der Waals surface area contributed by atoms with Gasteiger partial charge in [-0.05, 0) is 37.3 Å². The second-order valence-electron chi connectivity index (χ2n) is 4.52. The van der Waals surface area contributed by atoms with Crippen molar-refractivity contribution in [2.45, 2.75) is 32.2 Å². The van der Waals surface area contributed by atoms with E-state index in [2.05, 4.69) is 46.4 Å². The van der Waals surface area contributed by atoms with Gasteiger partial charge < -0.3 is 9.88 Å². The van der Waals surface area contributed by atoms with Gasteiger partial charge in [-0.1, -0.05) is 13.0 Å². The van der Waals surface area contributed by atoms with Gasteiger partial charge >= 0.3 is 0 Å². The lowest BCUT2D eigenvalue weighted by atomic mass is 10.1. The van der Waals surface area contributed by atoms with Crippen LogP contribution in [0, 0.1) is 0 Å². The zero-order valence-corrected chi connectivity index (χ0v) is 11.9. The fourth-order valence-electron chi connectivity index (χ4n) is 2.10. The molecular formula is C14H21N3S. The third kappa shape index (κ3) is 3.43. The second-order valence-corrected chi connectivity index (χ2v) is 5.55. The smallest absolute Gasteiger partial charge is 0.125 e. The Morgan fingerprint density at radius 1 is 1.50 bits per heavy atom. The van der Waals surface area contributed by atoms with Crippen LogP contribution in [0.5, 0.6) is 0 Å². The number of hydrogen-bond acceptors (Lipinski definition) is 3. The normalized spacial score (nSPS) is 12.8. The molecule has 0 radical (unpaired) electrons. The Morgan fingerprint density at radius 3 is 3.00 bits per heavy atom. The third-order valence-corrected chi connectivity index (χ3v) is 4.01. The van der Waals surface area contributed by atoms with Crippen LogP contribution in [0.15, 0.2) is 29.9 Å². The van der Waals surface area contributed by atoms with Crippen LogP contribution in [0.25, 0.3) is 0 Å². The first-order valence-corrected chi connectivity index (χ1v) is 7.42. The fourth-order valence-corrected chi connectivity index (χ4v) is 2.82. The lowest BCUT2D eigenvalue weighted by Crippen LogP contribution is -2.25. The van der Waals surface area contributed by atoms with Gasteiger partial charge in [-0.2, -0.15) is 0 Å². The van der Waals surface area contributed by atoms with E-state index in [1.807, 2.05) is 23.7 Å². The largest absolute Gasteiger partial charge is 0.337 e. The van der Waals surface area contributed by atoms with Gasteiger partial charge in [0.1, 0.15) is 5.82 Å². The molecule has 0 bridgehead atoms. The van der Waals surface area contributed by atoms with Crippen molar-refractivity contribution < 1.29 is 0 Å². The molecule has 2 aromatic rings. The van der Waals surface area contributed by atoms with Crippen LogP contribution in [-0.2, 0) is 13.5 Å². The van der Waals surface area contributed by atoms with E-state index < -0.39 is 0 Å². The lowest BCUT2D eigenvalue weighted by molar-refractivity contribution is 0.467. The molecule has 0 saturated heterocycles. The number of aromatic nitrogens is 2. The summed E-state index contributed by atoms with van der Waals surface area (Å²) in [6.07, 6.45) is 7.26. The molecule has 1 atom stereocenters. The van der Waals surface area contributed by atoms with Gasteiger partial charge in [0.2, 0.25) is 0 Å². The first-order valence-electron chi connectivity index (χ1n) is 6.54. The summed E-state index contributed by atoms with van der Waals surface area (Å²) < 4.78 is 2.11. The molecule has 0 aliphatic rings. The van der Waals surface area contributed by atoms with Crippen LogP contribution in [0.4, 0.5) is 0 Å². The fraction of sp³-hybridized carbons (Fsp3) is 0.500. The molecule has 1 N–H and O–H groups in total. The SMILES string of the molecule is CCCNC(CCc1cccs1)c1nccn1C. The van der Waals surface area contributed by atoms with E-state index in [1.165, 1.54) is 4.88 Å². The van der Waals surface area contributed by atoms with Gasteiger partial charge in [0, 0.05) is 24.3 Å². The summed E-state index contributed by atoms with van der Waals surface area (Å²) in [5.41, 5.74) is 0. The minimum absolute atomic E-state index is 0.354. The molecule has 0 fully saturated rings. The van der Waals surface area contributed by atoms with Gasteiger partial charge in [-0.3, -0.25) is 0 Å². The minimum atomic E-state index is 0.354. The van der Waals surface area contributed by atoms with E-state index in [1.54, 1.807) is 0 Å². The summed E-state index contributed by atoms with van der Waals surface area (Å²) in [5, 5.41) is 5.74. The standard InChI is InChI=1S/C14H21N3S/c1-3-8-15-13(14-16-9-10-17(14)2)7-6-12-5-4-11-18-12/h4-5,9-11,13,15H,3,6-8H2,1-2H3. The van der Waals surface area contributed by atoms with Crippen molar-refractivity contribution in [1.82, 2.24) is 14.9 Å². The maximum absolute atomic E-state index is 4.47. The Balaban J connectivity index is 1.99. The number of aryl methyl sites for hydroxylation is 2. The predicted molar refractivity (Wildman–Crippen MR) is 76.9 cm³/mol. The van der Waals surface area contributed by atoms with E-state index in [4.69, 9.17) is 0 Å². The molecule has 0 aliphatic heterocycles. The summed E-state index contributed by atoms with van der Waals surface area (Å²) in [6, 6.07) is 4.68. The number of hydrogen-bond donors (Lipinski definition) is 1. The first-order chi connectivity index (χ1) is 8.81. The lowest BCUT2D eigenvalue weighted by Gasteiger charge is -2.18. The Morgan fingerprint density at radius 2 is 2.39 bits per heavy atom. The van der Waals surface area contributed by atoms with Crippen LogP contribution in [0.3, 0.4) is 0 Å². The Kier molecular flexibility index (Phi) is 4.96. The van der Waals surface area contributed by atoms with Crippen molar-refractivity contribution in [1.29, 1.82) is 0 Å². The van der Waals surface area contributed by atoms with Crippen molar-refractivity contribution >= 4 is 11.3 Å². The Bertz CT molecular complexity index is 447. The summed E-state index contributed by atoms with van der Waals surface area (Å²) in [7, 11) is 2.06. The van der Waals surface area contributed by atoms with Crippen molar-refractivity contribution in [3.8, 4) is 0 Å². The van der Waals surface area contributed by atoms with Crippen LogP contribution < -0.4 is 5.32 Å². The van der Waals surface area contributed by atoms with Crippen LogP contribution in [0.1, 0.15) is 36.5 Å². The predicted octanol–water partition coefficient (Wildman–Crippen LogP) is 3.16. The van der Waals surface area contributed by atoms with E-state index in [-0.39, 0.29) is 0 Å². The number of imidazole rings is 1. The van der Waals surface area contributed by atoms with Crippen LogP contribution in [0.2, 0.25) is 0 Å². The molecular weight excluding hydrogens is 242 g/mol. The average Bonchev–Trinajstić information content (AvgIpc) is 3.01. The van der Waals surface area contributed by atoms with Crippen LogP contribution in [-0.4, -0.2) is 16.1 Å². The topological polar surface area (TPSA) is 29.9 Å². The number of nitrogens with zero attached hydrogens (tertiary/aromatic N) is 2. The minimum Gasteiger partial charge on any atom is -0.337 e. The van der Waals surface area contributed by atoms with Crippen molar-refractivity contribution in [2.75, 3.05) is 6.54 Å². The molecule has 1 unspecified atom stereocenters. The molecule has 2 aromatic heterocycles. The summed E-state index contributed by atoms with van der Waals surface area (Å²) in [5.74, 6) is 1.14. The summed E-state index contributed by atoms with van der Waals surface area (Å²) in [4.78, 5) is 5.92. The molecule has 0 amide bonds. The molecule has 98 valence electrons. The molecule has 0 spiro atoms. The van der Waals surface area contributed by atoms with Gasteiger partial charge in [0.25, 0.3) is 0 Å². The summed E-state index contributed by atoms with van der Waals surface area (Å²) in [6.45, 7) is 3.24. The van der Waals surface area contributed by atoms with E-state index in [0.29, 0.717) is 6.04 Å². The highest BCUT2D eigenvalue weighted by Gasteiger charge is 2.15. The quantitative estimate of drug-likeness (QED) is 0.831. The number of rotatable bonds is 7. The Labute approximate surface area is 113 Å². The molecule has 0 aromatic carbocycles. The van der Waals surface area contributed by atoms with Crippen molar-refractivity contribution in [2.24, 2.45) is 7.05 Å². The molecule has 18 heavy (non-hydrogen) atoms. The second kappa shape index (κ2) is 6.71. The number of thiophene rings is 1. The van der Waals surface area contributed by atoms with E-state index >= 15 is 0 Å². The highest BCUT2D eigenvalue weighted by molar-refractivity contribution is 7.09. The Hall–Kier alpha value is -1.13. The average molecular weight is 263 g/mol. The third-order valence-electron chi connectivity index (χ3n) is 3.07. The van der Waals surface area contributed by atoms with Crippen molar-refractivity contribution in [3.63, 3.8) is 0 Å².